The Labute approximate surface area is 195 Å². The minimum atomic E-state index is -4.39. The molecule has 1 amide bonds. The minimum Gasteiger partial charge on any atom is -0.493 e. The zero-order chi connectivity index (χ0) is 24.0. The van der Waals surface area contributed by atoms with Gasteiger partial charge in [-0.15, -0.1) is 0 Å². The molecule has 1 aromatic carbocycles. The number of nitrogens with zero attached hydrogens (tertiary/aromatic N) is 2. The Balaban J connectivity index is 1.58. The van der Waals surface area contributed by atoms with Crippen LogP contribution in [0.15, 0.2) is 24.3 Å². The molecule has 5 nitrogen and oxygen atoms in total. The van der Waals surface area contributed by atoms with Gasteiger partial charge in [-0.05, 0) is 56.5 Å². The maximum Gasteiger partial charge on any atom is 0.416 e. The smallest absolute Gasteiger partial charge is 0.416 e. The fourth-order valence-corrected chi connectivity index (χ4v) is 5.16. The Kier molecular flexibility index (Phi) is 9.04. The van der Waals surface area contributed by atoms with Crippen molar-refractivity contribution in [3.8, 4) is 5.75 Å². The highest BCUT2D eigenvalue weighted by atomic mass is 19.4. The molecule has 186 valence electrons. The average Bonchev–Trinajstić information content (AvgIpc) is 3.22. The average molecular weight is 470 g/mol. The van der Waals surface area contributed by atoms with Crippen molar-refractivity contribution in [1.29, 1.82) is 0 Å². The molecule has 0 bridgehead atoms. The van der Waals surface area contributed by atoms with E-state index >= 15 is 0 Å². The number of amides is 1. The molecule has 2 fully saturated rings. The van der Waals surface area contributed by atoms with Crippen LogP contribution in [0.3, 0.4) is 0 Å². The van der Waals surface area contributed by atoms with E-state index in [1.807, 2.05) is 0 Å². The highest BCUT2D eigenvalue weighted by Crippen LogP contribution is 2.32. The first kappa shape index (κ1) is 25.8. The van der Waals surface area contributed by atoms with Gasteiger partial charge in [0.1, 0.15) is 5.75 Å². The van der Waals surface area contributed by atoms with Crippen molar-refractivity contribution in [2.45, 2.75) is 52.3 Å². The summed E-state index contributed by atoms with van der Waals surface area (Å²) in [5.41, 5.74) is -0.713. The maximum absolute atomic E-state index is 13.0. The van der Waals surface area contributed by atoms with Crippen LogP contribution in [0.5, 0.6) is 5.75 Å². The SMILES string of the molecule is CCN1CCCC1CNC(=O)[C@@H]1C[C@H](COc2cccc(C(F)(F)F)c2)CN(CC(C)C)C1. The summed E-state index contributed by atoms with van der Waals surface area (Å²) in [4.78, 5) is 17.7. The molecule has 2 aliphatic rings. The van der Waals surface area contributed by atoms with Gasteiger partial charge in [-0.1, -0.05) is 26.8 Å². The Hall–Kier alpha value is -1.80. The third kappa shape index (κ3) is 7.60. The van der Waals surface area contributed by atoms with Crippen LogP contribution in [0.25, 0.3) is 0 Å². The van der Waals surface area contributed by atoms with Crippen LogP contribution in [0, 0.1) is 17.8 Å². The van der Waals surface area contributed by atoms with Crippen molar-refractivity contribution in [1.82, 2.24) is 15.1 Å². The lowest BCUT2D eigenvalue weighted by Crippen LogP contribution is -2.50. The van der Waals surface area contributed by atoms with Gasteiger partial charge in [0.25, 0.3) is 0 Å². The van der Waals surface area contributed by atoms with E-state index in [1.165, 1.54) is 12.5 Å². The predicted molar refractivity (Wildman–Crippen MR) is 123 cm³/mol. The van der Waals surface area contributed by atoms with Gasteiger partial charge in [0.2, 0.25) is 5.91 Å². The Morgan fingerprint density at radius 3 is 2.76 bits per heavy atom. The molecular formula is C25H38F3N3O2. The standard InChI is InChI=1S/C25H38F3N3O2/c1-4-31-10-6-8-22(31)13-29-24(32)20-11-19(15-30(16-20)14-18(2)3)17-33-23-9-5-7-21(12-23)25(26,27)28/h5,7,9,12,18-20,22H,4,6,8,10-11,13-17H2,1-3H3,(H,29,32)/t19-,20+,22?/m0/s1. The van der Waals surface area contributed by atoms with Gasteiger partial charge in [0, 0.05) is 38.1 Å². The fourth-order valence-electron chi connectivity index (χ4n) is 5.16. The molecule has 1 N–H and O–H groups in total. The molecule has 0 saturated carbocycles. The van der Waals surface area contributed by atoms with E-state index in [1.54, 1.807) is 6.07 Å². The number of ether oxygens (including phenoxy) is 1. The number of likely N-dealkylation sites (tertiary alicyclic amines) is 2. The summed E-state index contributed by atoms with van der Waals surface area (Å²) in [6, 6.07) is 5.41. The van der Waals surface area contributed by atoms with Crippen molar-refractivity contribution in [3.05, 3.63) is 29.8 Å². The molecule has 3 rings (SSSR count). The number of likely N-dealkylation sites (N-methyl/N-ethyl adjacent to an activating group) is 1. The van der Waals surface area contributed by atoms with Crippen molar-refractivity contribution in [3.63, 3.8) is 0 Å². The predicted octanol–water partition coefficient (Wildman–Crippen LogP) is 4.28. The molecule has 2 heterocycles. The number of carbonyl (C=O) groups is 1. The molecule has 3 atom stereocenters. The summed E-state index contributed by atoms with van der Waals surface area (Å²) in [5.74, 6) is 0.710. The molecule has 2 aliphatic heterocycles. The molecule has 0 aromatic heterocycles. The second kappa shape index (κ2) is 11.6. The normalized spacial score (nSPS) is 24.9. The van der Waals surface area contributed by atoms with Gasteiger partial charge in [-0.2, -0.15) is 13.2 Å². The topological polar surface area (TPSA) is 44.8 Å². The van der Waals surface area contributed by atoms with Crippen LogP contribution in [0.1, 0.15) is 45.6 Å². The zero-order valence-electron chi connectivity index (χ0n) is 20.0. The van der Waals surface area contributed by atoms with Crippen molar-refractivity contribution in [2.75, 3.05) is 45.9 Å². The number of nitrogens with one attached hydrogen (secondary N) is 1. The highest BCUT2D eigenvalue weighted by molar-refractivity contribution is 5.79. The van der Waals surface area contributed by atoms with Gasteiger partial charge in [0.05, 0.1) is 18.1 Å². The molecular weight excluding hydrogens is 431 g/mol. The lowest BCUT2D eigenvalue weighted by Gasteiger charge is -2.38. The molecule has 0 spiro atoms. The summed E-state index contributed by atoms with van der Waals surface area (Å²) in [7, 11) is 0. The molecule has 0 radical (unpaired) electrons. The van der Waals surface area contributed by atoms with Crippen LogP contribution in [0.2, 0.25) is 0 Å². The van der Waals surface area contributed by atoms with Crippen LogP contribution >= 0.6 is 0 Å². The van der Waals surface area contributed by atoms with Crippen molar-refractivity contribution in [2.24, 2.45) is 17.8 Å². The maximum atomic E-state index is 13.0. The van der Waals surface area contributed by atoms with Crippen LogP contribution in [0.4, 0.5) is 13.2 Å². The van der Waals surface area contributed by atoms with Crippen LogP contribution < -0.4 is 10.1 Å². The number of alkyl halides is 3. The van der Waals surface area contributed by atoms with E-state index in [2.05, 4.69) is 35.9 Å². The molecule has 0 aliphatic carbocycles. The number of benzene rings is 1. The first-order valence-corrected chi connectivity index (χ1v) is 12.2. The number of rotatable bonds is 9. The summed E-state index contributed by atoms with van der Waals surface area (Å²) in [5, 5.41) is 3.18. The number of carbonyl (C=O) groups excluding carboxylic acids is 1. The number of halogens is 3. The van der Waals surface area contributed by atoms with Crippen molar-refractivity contribution >= 4 is 5.91 Å². The van der Waals surface area contributed by atoms with E-state index in [9.17, 15) is 18.0 Å². The summed E-state index contributed by atoms with van der Waals surface area (Å²) in [6.07, 6.45) is -1.42. The third-order valence-electron chi connectivity index (χ3n) is 6.67. The van der Waals surface area contributed by atoms with Crippen LogP contribution in [-0.2, 0) is 11.0 Å². The van der Waals surface area contributed by atoms with E-state index < -0.39 is 11.7 Å². The van der Waals surface area contributed by atoms with Gasteiger partial charge >= 0.3 is 6.18 Å². The lowest BCUT2D eigenvalue weighted by atomic mass is 9.88. The largest absolute Gasteiger partial charge is 0.493 e. The molecule has 33 heavy (non-hydrogen) atoms. The van der Waals surface area contributed by atoms with Gasteiger partial charge in [0.15, 0.2) is 0 Å². The first-order valence-electron chi connectivity index (χ1n) is 12.2. The van der Waals surface area contributed by atoms with E-state index in [-0.39, 0.29) is 23.5 Å². The Morgan fingerprint density at radius 1 is 1.27 bits per heavy atom. The minimum absolute atomic E-state index is 0.0791. The number of hydrogen-bond acceptors (Lipinski definition) is 4. The third-order valence-corrected chi connectivity index (χ3v) is 6.67. The van der Waals surface area contributed by atoms with E-state index in [0.29, 0.717) is 38.1 Å². The van der Waals surface area contributed by atoms with E-state index in [0.717, 1.165) is 44.7 Å². The number of hydrogen-bond donors (Lipinski definition) is 1. The first-order chi connectivity index (χ1) is 15.7. The summed E-state index contributed by atoms with van der Waals surface area (Å²) < 4.78 is 44.8. The Morgan fingerprint density at radius 2 is 2.06 bits per heavy atom. The number of piperidine rings is 1. The lowest BCUT2D eigenvalue weighted by molar-refractivity contribution is -0.137. The molecule has 1 unspecified atom stereocenters. The van der Waals surface area contributed by atoms with Crippen LogP contribution in [-0.4, -0.2) is 67.6 Å². The van der Waals surface area contributed by atoms with Gasteiger partial charge in [-0.3, -0.25) is 9.69 Å². The summed E-state index contributed by atoms with van der Waals surface area (Å²) >= 11 is 0. The second-order valence-corrected chi connectivity index (χ2v) is 9.92. The second-order valence-electron chi connectivity index (χ2n) is 9.92. The van der Waals surface area contributed by atoms with Crippen molar-refractivity contribution < 1.29 is 22.7 Å². The highest BCUT2D eigenvalue weighted by Gasteiger charge is 2.34. The Bertz CT molecular complexity index is 772. The monoisotopic (exact) mass is 469 g/mol. The summed E-state index contributed by atoms with van der Waals surface area (Å²) in [6.45, 7) is 11.9. The van der Waals surface area contributed by atoms with Gasteiger partial charge in [-0.25, -0.2) is 0 Å². The molecule has 1 aromatic rings. The quantitative estimate of drug-likeness (QED) is 0.587. The zero-order valence-corrected chi connectivity index (χ0v) is 20.0. The molecule has 2 saturated heterocycles. The van der Waals surface area contributed by atoms with E-state index in [4.69, 9.17) is 4.74 Å². The molecule has 8 heteroatoms. The fraction of sp³-hybridized carbons (Fsp3) is 0.720. The van der Waals surface area contributed by atoms with Gasteiger partial charge < -0.3 is 15.0 Å².